The Morgan fingerprint density at radius 2 is 1.95 bits per heavy atom. The number of amidine groups is 1. The highest BCUT2D eigenvalue weighted by Gasteiger charge is 2.47. The Bertz CT molecular complexity index is 943. The van der Waals surface area contributed by atoms with Crippen LogP contribution in [-0.4, -0.2) is 89.3 Å². The average Bonchev–Trinajstić information content (AvgIpc) is 3.05. The van der Waals surface area contributed by atoms with E-state index in [0.29, 0.717) is 0 Å². The lowest BCUT2D eigenvalue weighted by atomic mass is 10.1. The molecule has 0 aromatic heterocycles. The molecule has 2 heterocycles. The third kappa shape index (κ3) is 8.78. The number of aliphatic hydroxyl groups excluding tert-OH is 2. The fraction of sp³-hybridized carbons (Fsp3) is 0.667. The average molecular weight is 551 g/mol. The summed E-state index contributed by atoms with van der Waals surface area (Å²) in [6, 6.07) is -1.17. The second-order valence-corrected chi connectivity index (χ2v) is 10.0. The smallest absolute Gasteiger partial charge is 0.462 e. The molecular weight excluding hydrogens is 515 g/mol. The number of ether oxygens (including phenoxy) is 4. The van der Waals surface area contributed by atoms with Crippen molar-refractivity contribution < 1.29 is 52.4 Å². The predicted molar refractivity (Wildman–Crippen MR) is 128 cm³/mol. The zero-order chi connectivity index (χ0) is 27.9. The van der Waals surface area contributed by atoms with Crippen LogP contribution in [0.5, 0.6) is 0 Å². The van der Waals surface area contributed by atoms with Gasteiger partial charge in [0, 0.05) is 6.20 Å². The summed E-state index contributed by atoms with van der Waals surface area (Å²) in [7, 11) is -4.41. The Kier molecular flexibility index (Phi) is 11.1. The van der Waals surface area contributed by atoms with Crippen LogP contribution in [0.1, 0.15) is 34.6 Å². The van der Waals surface area contributed by atoms with Gasteiger partial charge in [-0.05, 0) is 40.7 Å². The third-order valence-electron chi connectivity index (χ3n) is 4.85. The summed E-state index contributed by atoms with van der Waals surface area (Å²) in [6.45, 7) is 10.7. The number of hydrogen-bond donors (Lipinski definition) is 4. The van der Waals surface area contributed by atoms with E-state index in [-0.39, 0.29) is 18.3 Å². The highest BCUT2D eigenvalue weighted by molar-refractivity contribution is 7.51. The monoisotopic (exact) mass is 550 g/mol. The number of aliphatic imine (C=N–C) groups is 1. The van der Waals surface area contributed by atoms with E-state index in [0.717, 1.165) is 0 Å². The normalized spacial score (nSPS) is 26.9. The first-order chi connectivity index (χ1) is 17.3. The van der Waals surface area contributed by atoms with E-state index < -0.39 is 69.5 Å². The first-order valence-electron chi connectivity index (χ1n) is 11.5. The van der Waals surface area contributed by atoms with Crippen molar-refractivity contribution in [1.82, 2.24) is 9.99 Å². The molecule has 0 bridgehead atoms. The number of aliphatic hydroxyl groups is 2. The largest absolute Gasteiger partial charge is 0.510 e. The van der Waals surface area contributed by atoms with Crippen molar-refractivity contribution in [2.75, 3.05) is 13.2 Å². The van der Waals surface area contributed by atoms with E-state index in [9.17, 15) is 24.4 Å². The quantitative estimate of drug-likeness (QED) is 0.150. The number of nitrogens with two attached hydrogens (primary N) is 1. The zero-order valence-corrected chi connectivity index (χ0v) is 22.2. The Hall–Kier alpha value is -2.52. The Morgan fingerprint density at radius 3 is 2.54 bits per heavy atom. The predicted octanol–water partition coefficient (Wildman–Crippen LogP) is 0.681. The molecule has 0 aliphatic carbocycles. The van der Waals surface area contributed by atoms with Gasteiger partial charge >= 0.3 is 19.9 Å². The number of nitrogens with zero attached hydrogens (tertiary/aromatic N) is 2. The molecule has 0 aromatic rings. The van der Waals surface area contributed by atoms with Crippen LogP contribution in [0.25, 0.3) is 0 Å². The number of esters is 1. The fourth-order valence-corrected chi connectivity index (χ4v) is 4.77. The molecular formula is C21H35N4O11P. The van der Waals surface area contributed by atoms with Crippen molar-refractivity contribution in [3.63, 3.8) is 0 Å². The third-order valence-corrected chi connectivity index (χ3v) is 6.62. The Labute approximate surface area is 214 Å². The van der Waals surface area contributed by atoms with Crippen molar-refractivity contribution in [1.29, 1.82) is 0 Å². The van der Waals surface area contributed by atoms with Gasteiger partial charge in [0.25, 0.3) is 0 Å². The number of rotatable bonds is 12. The van der Waals surface area contributed by atoms with Gasteiger partial charge in [0.05, 0.1) is 19.3 Å². The Morgan fingerprint density at radius 1 is 1.27 bits per heavy atom. The fourth-order valence-electron chi connectivity index (χ4n) is 3.21. The topological polar surface area (TPSA) is 201 Å². The molecule has 0 spiro atoms. The second kappa shape index (κ2) is 13.3. The van der Waals surface area contributed by atoms with Crippen LogP contribution in [0, 0.1) is 0 Å². The lowest BCUT2D eigenvalue weighted by molar-refractivity contribution is -0.149. The summed E-state index contributed by atoms with van der Waals surface area (Å²) >= 11 is 0. The minimum absolute atomic E-state index is 0.0347. The summed E-state index contributed by atoms with van der Waals surface area (Å²) in [4.78, 5) is 29.2. The van der Waals surface area contributed by atoms with Gasteiger partial charge in [-0.25, -0.2) is 19.4 Å². The molecule has 0 radical (unpaired) electrons. The van der Waals surface area contributed by atoms with Crippen LogP contribution in [0.3, 0.4) is 0 Å². The minimum Gasteiger partial charge on any atom is -0.462 e. The molecule has 7 atom stereocenters. The van der Waals surface area contributed by atoms with Gasteiger partial charge in [-0.15, -0.1) is 0 Å². The van der Waals surface area contributed by atoms with E-state index in [1.165, 1.54) is 31.0 Å². The molecule has 3 unspecified atom stereocenters. The molecule has 210 valence electrons. The van der Waals surface area contributed by atoms with Crippen LogP contribution >= 0.6 is 7.75 Å². The molecule has 15 nitrogen and oxygen atoms in total. The van der Waals surface area contributed by atoms with Gasteiger partial charge in [0.15, 0.2) is 6.23 Å². The van der Waals surface area contributed by atoms with Crippen molar-refractivity contribution in [3.8, 4) is 0 Å². The molecule has 2 aliphatic rings. The standard InChI is InChI=1S/C21H35N4O11P/c1-7-31-21(29)34-14(6)36-37(30,24-12(4)20(28)33-11(2)3)32-10-15-17(26)18(27)19(35-15)25-9-8-16(22)23-13(25)5/h8-9,11-12,14-15,17-19,26-27H,5,7,10H2,1-4,6H3,(H2,22,23)(H,24,30)/t12-,14?,15+,17-,18?,19+,37?/m0/s1. The van der Waals surface area contributed by atoms with Crippen LogP contribution in [0.4, 0.5) is 4.79 Å². The second-order valence-electron chi connectivity index (χ2n) is 8.33. The van der Waals surface area contributed by atoms with Crippen molar-refractivity contribution in [3.05, 3.63) is 24.7 Å². The highest BCUT2D eigenvalue weighted by Crippen LogP contribution is 2.46. The lowest BCUT2D eigenvalue weighted by Gasteiger charge is -2.30. The Balaban J connectivity index is 2.12. The SMILES string of the molecule is C=C1N=C(N)C=CN1[C@@H]1O[C@H](COP(=O)(N[C@@H](C)C(=O)OC(C)C)OC(C)OC(=O)OCC)[C@H](O)C1O. The summed E-state index contributed by atoms with van der Waals surface area (Å²) in [5, 5.41) is 23.4. The van der Waals surface area contributed by atoms with Gasteiger partial charge in [-0.2, -0.15) is 0 Å². The van der Waals surface area contributed by atoms with Crippen molar-refractivity contribution >= 4 is 25.7 Å². The maximum absolute atomic E-state index is 13.5. The van der Waals surface area contributed by atoms with Gasteiger partial charge in [0.2, 0.25) is 6.29 Å². The summed E-state index contributed by atoms with van der Waals surface area (Å²) in [5.41, 5.74) is 5.62. The van der Waals surface area contributed by atoms with E-state index in [2.05, 4.69) is 21.4 Å². The molecule has 2 rings (SSSR count). The van der Waals surface area contributed by atoms with E-state index in [1.54, 1.807) is 20.8 Å². The van der Waals surface area contributed by atoms with Gasteiger partial charge in [-0.3, -0.25) is 13.8 Å². The molecule has 0 amide bonds. The molecule has 0 saturated carbocycles. The van der Waals surface area contributed by atoms with Crippen LogP contribution < -0.4 is 10.8 Å². The number of hydrogen-bond acceptors (Lipinski definition) is 14. The maximum Gasteiger partial charge on any atom is 0.510 e. The first-order valence-corrected chi connectivity index (χ1v) is 13.1. The number of nitrogens with one attached hydrogen (secondary N) is 1. The molecule has 16 heteroatoms. The molecule has 5 N–H and O–H groups in total. The van der Waals surface area contributed by atoms with E-state index in [1.807, 2.05) is 0 Å². The lowest BCUT2D eigenvalue weighted by Crippen LogP contribution is -2.42. The minimum atomic E-state index is -4.41. The van der Waals surface area contributed by atoms with Crippen LogP contribution in [0.2, 0.25) is 0 Å². The summed E-state index contributed by atoms with van der Waals surface area (Å²) < 4.78 is 44.6. The molecule has 2 aliphatic heterocycles. The summed E-state index contributed by atoms with van der Waals surface area (Å²) in [6.07, 6.45) is -5.22. The molecule has 37 heavy (non-hydrogen) atoms. The van der Waals surface area contributed by atoms with E-state index in [4.69, 9.17) is 29.0 Å². The molecule has 1 saturated heterocycles. The van der Waals surface area contributed by atoms with Crippen molar-refractivity contribution in [2.24, 2.45) is 10.7 Å². The number of carbonyl (C=O) groups is 2. The maximum atomic E-state index is 13.5. The van der Waals surface area contributed by atoms with Gasteiger partial charge in [0.1, 0.15) is 36.0 Å². The molecule has 1 fully saturated rings. The van der Waals surface area contributed by atoms with Gasteiger partial charge in [-0.1, -0.05) is 6.58 Å². The van der Waals surface area contributed by atoms with Crippen LogP contribution in [0.15, 0.2) is 29.7 Å². The van der Waals surface area contributed by atoms with E-state index >= 15 is 0 Å². The summed E-state index contributed by atoms with van der Waals surface area (Å²) in [5.74, 6) is -0.386. The van der Waals surface area contributed by atoms with Gasteiger partial charge < -0.3 is 39.8 Å². The zero-order valence-electron chi connectivity index (χ0n) is 21.3. The van der Waals surface area contributed by atoms with Crippen LogP contribution in [-0.2, 0) is 37.4 Å². The number of carbonyl (C=O) groups excluding carboxylic acids is 2. The molecule has 0 aromatic carbocycles. The first kappa shape index (κ1) is 30.7. The highest BCUT2D eigenvalue weighted by atomic mass is 31.2. The van der Waals surface area contributed by atoms with Crippen molar-refractivity contribution in [2.45, 2.75) is 77.6 Å².